The number of anilines is 1. The van der Waals surface area contributed by atoms with Crippen molar-refractivity contribution in [2.24, 2.45) is 5.92 Å². The first-order valence-corrected chi connectivity index (χ1v) is 9.72. The predicted molar refractivity (Wildman–Crippen MR) is 105 cm³/mol. The van der Waals surface area contributed by atoms with Crippen molar-refractivity contribution in [1.82, 2.24) is 24.8 Å². The molecule has 0 aliphatic carbocycles. The molecule has 2 saturated heterocycles. The quantitative estimate of drug-likeness (QED) is 0.824. The maximum Gasteiger partial charge on any atom is 0.274 e. The second-order valence-corrected chi connectivity index (χ2v) is 7.49. The monoisotopic (exact) mass is 382 g/mol. The van der Waals surface area contributed by atoms with Crippen molar-refractivity contribution in [2.45, 2.75) is 12.5 Å². The van der Waals surface area contributed by atoms with Crippen molar-refractivity contribution < 1.29 is 9.53 Å². The van der Waals surface area contributed by atoms with Gasteiger partial charge >= 0.3 is 0 Å². The van der Waals surface area contributed by atoms with Crippen molar-refractivity contribution in [1.29, 1.82) is 0 Å². The molecular weight excluding hydrogens is 356 g/mol. The lowest BCUT2D eigenvalue weighted by atomic mass is 9.95. The van der Waals surface area contributed by atoms with Crippen LogP contribution in [-0.4, -0.2) is 83.1 Å². The molecule has 1 N–H and O–H groups in total. The van der Waals surface area contributed by atoms with E-state index in [0.717, 1.165) is 32.6 Å². The number of rotatable bonds is 5. The number of hydrogen-bond donors (Lipinski definition) is 1. The molecular formula is C20H26N6O2. The smallest absolute Gasteiger partial charge is 0.274 e. The number of carbonyl (C=O) groups excluding carboxylic acids is 1. The molecule has 0 bridgehead atoms. The lowest BCUT2D eigenvalue weighted by Gasteiger charge is -2.32. The Hall–Kier alpha value is -2.58. The number of likely N-dealkylation sites (N-methyl/N-ethyl adjacent to an activating group) is 1. The van der Waals surface area contributed by atoms with Gasteiger partial charge in [0.05, 0.1) is 31.6 Å². The molecule has 0 saturated carbocycles. The Labute approximate surface area is 164 Å². The van der Waals surface area contributed by atoms with Gasteiger partial charge in [0.2, 0.25) is 0 Å². The molecule has 0 unspecified atom stereocenters. The molecule has 0 aromatic carbocycles. The van der Waals surface area contributed by atoms with Crippen LogP contribution in [0.2, 0.25) is 0 Å². The number of carbonyl (C=O) groups is 1. The van der Waals surface area contributed by atoms with Gasteiger partial charge < -0.3 is 19.9 Å². The molecule has 8 nitrogen and oxygen atoms in total. The summed E-state index contributed by atoms with van der Waals surface area (Å²) in [6.45, 7) is 4.53. The van der Waals surface area contributed by atoms with E-state index in [1.807, 2.05) is 29.4 Å². The zero-order valence-corrected chi connectivity index (χ0v) is 16.1. The van der Waals surface area contributed by atoms with E-state index in [2.05, 4.69) is 32.2 Å². The Morgan fingerprint density at radius 1 is 1.14 bits per heavy atom. The molecule has 2 aromatic rings. The second kappa shape index (κ2) is 8.62. The SMILES string of the molecule is CN1CCN(C(=O)c2cncc(N[C@@H]3COC[C@H]3Cc3ccncc3)n2)CC1. The lowest BCUT2D eigenvalue weighted by molar-refractivity contribution is 0.0658. The molecule has 4 rings (SSSR count). The Kier molecular flexibility index (Phi) is 5.78. The van der Waals surface area contributed by atoms with Gasteiger partial charge in [-0.2, -0.15) is 0 Å². The highest BCUT2D eigenvalue weighted by atomic mass is 16.5. The first-order valence-electron chi connectivity index (χ1n) is 9.72. The van der Waals surface area contributed by atoms with Crippen LogP contribution < -0.4 is 5.32 Å². The highest BCUT2D eigenvalue weighted by Crippen LogP contribution is 2.22. The molecule has 1 amide bonds. The number of piperazine rings is 1. The molecule has 148 valence electrons. The summed E-state index contributed by atoms with van der Waals surface area (Å²) in [5, 5.41) is 3.42. The average molecular weight is 382 g/mol. The van der Waals surface area contributed by atoms with Crippen molar-refractivity contribution >= 4 is 11.7 Å². The van der Waals surface area contributed by atoms with Crippen LogP contribution in [-0.2, 0) is 11.2 Å². The van der Waals surface area contributed by atoms with Gasteiger partial charge in [0.15, 0.2) is 0 Å². The number of aromatic nitrogens is 3. The molecule has 2 aliphatic rings. The Morgan fingerprint density at radius 3 is 2.71 bits per heavy atom. The number of nitrogens with one attached hydrogen (secondary N) is 1. The van der Waals surface area contributed by atoms with Gasteiger partial charge in [0.25, 0.3) is 5.91 Å². The van der Waals surface area contributed by atoms with Gasteiger partial charge in [0, 0.05) is 44.5 Å². The van der Waals surface area contributed by atoms with Crippen LogP contribution in [0.15, 0.2) is 36.9 Å². The van der Waals surface area contributed by atoms with Crippen molar-refractivity contribution in [2.75, 3.05) is 51.8 Å². The van der Waals surface area contributed by atoms with E-state index in [9.17, 15) is 4.79 Å². The third kappa shape index (κ3) is 4.45. The summed E-state index contributed by atoms with van der Waals surface area (Å²) in [7, 11) is 2.07. The maximum absolute atomic E-state index is 12.7. The standard InChI is InChI=1S/C20H26N6O2/c1-25-6-8-26(9-7-25)20(27)17-11-22-12-19(23-17)24-18-14-28-13-16(18)10-15-2-4-21-5-3-15/h2-5,11-12,16,18H,6-10,13-14H2,1H3,(H,23,24)/t16-,18-/m1/s1. The van der Waals surface area contributed by atoms with Crippen LogP contribution >= 0.6 is 0 Å². The van der Waals surface area contributed by atoms with Gasteiger partial charge in [0.1, 0.15) is 11.5 Å². The van der Waals surface area contributed by atoms with Crippen LogP contribution in [0.4, 0.5) is 5.82 Å². The largest absolute Gasteiger partial charge is 0.379 e. The molecule has 28 heavy (non-hydrogen) atoms. The summed E-state index contributed by atoms with van der Waals surface area (Å²) in [5.74, 6) is 0.900. The fourth-order valence-electron chi connectivity index (χ4n) is 3.68. The van der Waals surface area contributed by atoms with E-state index in [1.165, 1.54) is 5.56 Å². The van der Waals surface area contributed by atoms with Crippen LogP contribution in [0.3, 0.4) is 0 Å². The molecule has 2 fully saturated rings. The highest BCUT2D eigenvalue weighted by molar-refractivity contribution is 5.92. The van der Waals surface area contributed by atoms with E-state index >= 15 is 0 Å². The third-order valence-corrected chi connectivity index (χ3v) is 5.42. The zero-order chi connectivity index (χ0) is 19.3. The summed E-state index contributed by atoms with van der Waals surface area (Å²) < 4.78 is 5.69. The summed E-state index contributed by atoms with van der Waals surface area (Å²) in [5.41, 5.74) is 1.63. The summed E-state index contributed by atoms with van der Waals surface area (Å²) >= 11 is 0. The first-order chi connectivity index (χ1) is 13.7. The Balaban J connectivity index is 1.40. The molecule has 2 aliphatic heterocycles. The van der Waals surface area contributed by atoms with Crippen LogP contribution in [0.5, 0.6) is 0 Å². The van der Waals surface area contributed by atoms with E-state index in [0.29, 0.717) is 30.6 Å². The molecule has 0 spiro atoms. The van der Waals surface area contributed by atoms with E-state index in [4.69, 9.17) is 4.74 Å². The van der Waals surface area contributed by atoms with E-state index < -0.39 is 0 Å². The number of hydrogen-bond acceptors (Lipinski definition) is 7. The Bertz CT molecular complexity index is 794. The van der Waals surface area contributed by atoms with Crippen LogP contribution in [0, 0.1) is 5.92 Å². The lowest BCUT2D eigenvalue weighted by Crippen LogP contribution is -2.47. The van der Waals surface area contributed by atoms with Gasteiger partial charge in [-0.25, -0.2) is 4.98 Å². The summed E-state index contributed by atoms with van der Waals surface area (Å²) in [4.78, 5) is 29.6. The maximum atomic E-state index is 12.7. The summed E-state index contributed by atoms with van der Waals surface area (Å²) in [6.07, 6.45) is 7.75. The topological polar surface area (TPSA) is 83.5 Å². The minimum atomic E-state index is -0.0553. The highest BCUT2D eigenvalue weighted by Gasteiger charge is 2.29. The first kappa shape index (κ1) is 18.8. The predicted octanol–water partition coefficient (Wildman–Crippen LogP) is 0.929. The van der Waals surface area contributed by atoms with Crippen LogP contribution in [0.1, 0.15) is 16.1 Å². The number of ether oxygens (including phenoxy) is 1. The molecule has 2 atom stereocenters. The minimum absolute atomic E-state index is 0.0553. The van der Waals surface area contributed by atoms with Crippen LogP contribution in [0.25, 0.3) is 0 Å². The Morgan fingerprint density at radius 2 is 1.93 bits per heavy atom. The van der Waals surface area contributed by atoms with Gasteiger partial charge in [-0.05, 0) is 31.2 Å². The second-order valence-electron chi connectivity index (χ2n) is 7.49. The van der Waals surface area contributed by atoms with Gasteiger partial charge in [-0.15, -0.1) is 0 Å². The minimum Gasteiger partial charge on any atom is -0.379 e. The summed E-state index contributed by atoms with van der Waals surface area (Å²) in [6, 6.07) is 4.20. The third-order valence-electron chi connectivity index (χ3n) is 5.42. The number of amides is 1. The number of nitrogens with zero attached hydrogens (tertiary/aromatic N) is 5. The molecule has 0 radical (unpaired) electrons. The van der Waals surface area contributed by atoms with Gasteiger partial charge in [-0.1, -0.05) is 0 Å². The molecule has 4 heterocycles. The van der Waals surface area contributed by atoms with Gasteiger partial charge in [-0.3, -0.25) is 14.8 Å². The fourth-order valence-corrected chi connectivity index (χ4v) is 3.68. The fraction of sp³-hybridized carbons (Fsp3) is 0.500. The normalized spacial score (nSPS) is 23.0. The van der Waals surface area contributed by atoms with E-state index in [-0.39, 0.29) is 11.9 Å². The van der Waals surface area contributed by atoms with Crippen molar-refractivity contribution in [3.63, 3.8) is 0 Å². The molecule has 2 aromatic heterocycles. The average Bonchev–Trinajstić information content (AvgIpc) is 3.15. The van der Waals surface area contributed by atoms with Crippen molar-refractivity contribution in [3.05, 3.63) is 48.2 Å². The molecule has 8 heteroatoms. The number of pyridine rings is 1. The zero-order valence-electron chi connectivity index (χ0n) is 16.1. The van der Waals surface area contributed by atoms with E-state index in [1.54, 1.807) is 12.4 Å². The van der Waals surface area contributed by atoms with Crippen molar-refractivity contribution in [3.8, 4) is 0 Å².